The Hall–Kier alpha value is -2.25. The summed E-state index contributed by atoms with van der Waals surface area (Å²) in [7, 11) is 1.56. The van der Waals surface area contributed by atoms with Crippen molar-refractivity contribution in [3.05, 3.63) is 29.8 Å². The largest absolute Gasteiger partial charge is 0.573 e. The number of rotatable bonds is 7. The number of halogens is 3. The smallest absolute Gasteiger partial charge is 0.481 e. The fourth-order valence-corrected chi connectivity index (χ4v) is 2.59. The first-order valence-electron chi connectivity index (χ1n) is 7.43. The topological polar surface area (TPSA) is 66.8 Å². The number of carboxylic acids is 1. The maximum atomic E-state index is 12.5. The summed E-state index contributed by atoms with van der Waals surface area (Å²) in [5, 5.41) is 8.67. The molecule has 1 fully saturated rings. The zero-order valence-corrected chi connectivity index (χ0v) is 13.1. The van der Waals surface area contributed by atoms with Crippen LogP contribution in [0.2, 0.25) is 0 Å². The third-order valence-corrected chi connectivity index (χ3v) is 4.01. The average Bonchev–Trinajstić information content (AvgIpc) is 3.25. The van der Waals surface area contributed by atoms with E-state index in [0.29, 0.717) is 19.3 Å². The molecule has 8 heteroatoms. The lowest BCUT2D eigenvalue weighted by Gasteiger charge is -2.23. The van der Waals surface area contributed by atoms with Crippen LogP contribution in [-0.4, -0.2) is 41.8 Å². The Morgan fingerprint density at radius 2 is 1.83 bits per heavy atom. The molecule has 24 heavy (non-hydrogen) atoms. The van der Waals surface area contributed by atoms with Crippen molar-refractivity contribution < 1.29 is 32.6 Å². The summed E-state index contributed by atoms with van der Waals surface area (Å²) >= 11 is 0. The maximum Gasteiger partial charge on any atom is 0.573 e. The van der Waals surface area contributed by atoms with Crippen molar-refractivity contribution in [1.29, 1.82) is 0 Å². The van der Waals surface area contributed by atoms with Crippen LogP contribution in [0.15, 0.2) is 24.3 Å². The first kappa shape index (κ1) is 18.1. The molecule has 0 radical (unpaired) electrons. The van der Waals surface area contributed by atoms with Gasteiger partial charge >= 0.3 is 12.3 Å². The molecule has 0 aromatic heterocycles. The molecule has 1 amide bonds. The SMILES string of the molecule is CN(CCC(=O)O)C(=O)C1(Cc2ccc(OC(F)(F)F)cc2)CC1. The van der Waals surface area contributed by atoms with Crippen LogP contribution in [0.5, 0.6) is 5.75 Å². The zero-order chi connectivity index (χ0) is 18.0. The molecular formula is C16H18F3NO4. The van der Waals surface area contributed by atoms with E-state index in [0.717, 1.165) is 5.56 Å². The molecule has 0 bridgehead atoms. The molecule has 0 aliphatic heterocycles. The highest BCUT2D eigenvalue weighted by atomic mass is 19.4. The number of benzene rings is 1. The summed E-state index contributed by atoms with van der Waals surface area (Å²) in [6, 6.07) is 5.45. The summed E-state index contributed by atoms with van der Waals surface area (Å²) in [6.07, 6.45) is -3.08. The van der Waals surface area contributed by atoms with Crippen molar-refractivity contribution in [1.82, 2.24) is 4.90 Å². The Labute approximate surface area is 137 Å². The molecule has 1 aromatic carbocycles. The van der Waals surface area contributed by atoms with Crippen LogP contribution in [0, 0.1) is 5.41 Å². The van der Waals surface area contributed by atoms with Gasteiger partial charge in [-0.25, -0.2) is 0 Å². The lowest BCUT2D eigenvalue weighted by atomic mass is 9.95. The van der Waals surface area contributed by atoms with Gasteiger partial charge in [0.25, 0.3) is 0 Å². The fourth-order valence-electron chi connectivity index (χ4n) is 2.59. The average molecular weight is 345 g/mol. The Morgan fingerprint density at radius 3 is 2.29 bits per heavy atom. The van der Waals surface area contributed by atoms with Crippen LogP contribution in [0.25, 0.3) is 0 Å². The number of alkyl halides is 3. The van der Waals surface area contributed by atoms with Crippen LogP contribution in [0.1, 0.15) is 24.8 Å². The van der Waals surface area contributed by atoms with Crippen LogP contribution >= 0.6 is 0 Å². The maximum absolute atomic E-state index is 12.5. The van der Waals surface area contributed by atoms with Crippen LogP contribution in [-0.2, 0) is 16.0 Å². The molecule has 5 nitrogen and oxygen atoms in total. The van der Waals surface area contributed by atoms with Crippen molar-refractivity contribution in [2.45, 2.75) is 32.0 Å². The van der Waals surface area contributed by atoms with Crippen molar-refractivity contribution in [2.24, 2.45) is 5.41 Å². The highest BCUT2D eigenvalue weighted by Crippen LogP contribution is 2.49. The van der Waals surface area contributed by atoms with Gasteiger partial charge in [0.1, 0.15) is 5.75 Å². The van der Waals surface area contributed by atoms with Gasteiger partial charge in [-0.2, -0.15) is 0 Å². The number of hydrogen-bond acceptors (Lipinski definition) is 3. The molecule has 0 spiro atoms. The lowest BCUT2D eigenvalue weighted by Crippen LogP contribution is -2.36. The predicted octanol–water partition coefficient (Wildman–Crippen LogP) is 2.84. The van der Waals surface area contributed by atoms with E-state index in [2.05, 4.69) is 4.74 Å². The van der Waals surface area contributed by atoms with E-state index < -0.39 is 17.7 Å². The predicted molar refractivity (Wildman–Crippen MR) is 78.4 cm³/mol. The monoisotopic (exact) mass is 345 g/mol. The number of amides is 1. The lowest BCUT2D eigenvalue weighted by molar-refractivity contribution is -0.274. The fraction of sp³-hybridized carbons (Fsp3) is 0.500. The summed E-state index contributed by atoms with van der Waals surface area (Å²) in [6.45, 7) is 0.133. The van der Waals surface area contributed by atoms with Crippen molar-refractivity contribution in [2.75, 3.05) is 13.6 Å². The number of nitrogens with zero attached hydrogens (tertiary/aromatic N) is 1. The van der Waals surface area contributed by atoms with Gasteiger partial charge in [-0.3, -0.25) is 9.59 Å². The molecule has 0 atom stereocenters. The molecule has 0 saturated heterocycles. The molecule has 2 rings (SSSR count). The summed E-state index contributed by atoms with van der Waals surface area (Å²) in [5.74, 6) is -1.40. The molecule has 0 unspecified atom stereocenters. The minimum atomic E-state index is -4.73. The van der Waals surface area contributed by atoms with E-state index in [4.69, 9.17) is 5.11 Å². The highest BCUT2D eigenvalue weighted by Gasteiger charge is 2.50. The van der Waals surface area contributed by atoms with Crippen LogP contribution in [0.3, 0.4) is 0 Å². The number of hydrogen-bond donors (Lipinski definition) is 1. The normalized spacial score (nSPS) is 15.7. The van der Waals surface area contributed by atoms with E-state index >= 15 is 0 Å². The summed E-state index contributed by atoms with van der Waals surface area (Å²) in [5.41, 5.74) is 0.168. The van der Waals surface area contributed by atoms with Crippen LogP contribution < -0.4 is 4.74 Å². The second-order valence-corrected chi connectivity index (χ2v) is 6.02. The minimum Gasteiger partial charge on any atom is -0.481 e. The van der Waals surface area contributed by atoms with Gasteiger partial charge in [-0.1, -0.05) is 12.1 Å². The van der Waals surface area contributed by atoms with Gasteiger partial charge in [0, 0.05) is 13.6 Å². The molecular weight excluding hydrogens is 327 g/mol. The molecule has 1 aromatic rings. The molecule has 132 valence electrons. The van der Waals surface area contributed by atoms with Gasteiger partial charge in [-0.05, 0) is 37.0 Å². The number of carboxylic acid groups (broad SMARTS) is 1. The van der Waals surface area contributed by atoms with Gasteiger partial charge in [0.05, 0.1) is 11.8 Å². The number of carbonyl (C=O) groups is 2. The Kier molecular flexibility index (Phi) is 5.05. The van der Waals surface area contributed by atoms with Gasteiger partial charge < -0.3 is 14.7 Å². The van der Waals surface area contributed by atoms with E-state index in [-0.39, 0.29) is 24.6 Å². The summed E-state index contributed by atoms with van der Waals surface area (Å²) in [4.78, 5) is 24.4. The number of ether oxygens (including phenoxy) is 1. The van der Waals surface area contributed by atoms with Gasteiger partial charge in [-0.15, -0.1) is 13.2 Å². The van der Waals surface area contributed by atoms with Crippen molar-refractivity contribution in [3.8, 4) is 5.75 Å². The first-order valence-corrected chi connectivity index (χ1v) is 7.43. The third-order valence-electron chi connectivity index (χ3n) is 4.01. The van der Waals surface area contributed by atoms with Crippen molar-refractivity contribution in [3.63, 3.8) is 0 Å². The first-order chi connectivity index (χ1) is 11.1. The Balaban J connectivity index is 1.97. The second kappa shape index (κ2) is 6.70. The Morgan fingerprint density at radius 1 is 1.25 bits per heavy atom. The van der Waals surface area contributed by atoms with Gasteiger partial charge in [0.2, 0.25) is 5.91 Å². The molecule has 0 heterocycles. The molecule has 1 saturated carbocycles. The third kappa shape index (κ3) is 4.87. The molecule has 1 N–H and O–H groups in total. The minimum absolute atomic E-state index is 0.123. The van der Waals surface area contributed by atoms with Crippen molar-refractivity contribution >= 4 is 11.9 Å². The van der Waals surface area contributed by atoms with E-state index in [1.807, 2.05) is 0 Å². The highest BCUT2D eigenvalue weighted by molar-refractivity contribution is 5.85. The second-order valence-electron chi connectivity index (χ2n) is 6.02. The quantitative estimate of drug-likeness (QED) is 0.825. The Bertz CT molecular complexity index is 609. The number of aliphatic carboxylic acids is 1. The standard InChI is InChI=1S/C16H18F3NO4/c1-20(9-6-13(21)22)14(23)15(7-8-15)10-11-2-4-12(5-3-11)24-16(17,18)19/h2-5H,6-10H2,1H3,(H,21,22). The van der Waals surface area contributed by atoms with Crippen LogP contribution in [0.4, 0.5) is 13.2 Å². The zero-order valence-electron chi connectivity index (χ0n) is 13.1. The van der Waals surface area contributed by atoms with Gasteiger partial charge in [0.15, 0.2) is 0 Å². The van der Waals surface area contributed by atoms with E-state index in [1.165, 1.54) is 29.2 Å². The van der Waals surface area contributed by atoms with E-state index in [9.17, 15) is 22.8 Å². The molecule has 1 aliphatic rings. The summed E-state index contributed by atoms with van der Waals surface area (Å²) < 4.78 is 40.2. The van der Waals surface area contributed by atoms with E-state index in [1.54, 1.807) is 7.05 Å². The number of carbonyl (C=O) groups excluding carboxylic acids is 1. The molecule has 1 aliphatic carbocycles.